The number of allylic oxidation sites excluding steroid dienone is 2. The fourth-order valence-electron chi connectivity index (χ4n) is 2.94. The Kier molecular flexibility index (Phi) is 2.71. The van der Waals surface area contributed by atoms with Crippen LogP contribution in [0.4, 0.5) is 0 Å². The first-order valence-corrected chi connectivity index (χ1v) is 6.34. The number of hydrogen-bond donors (Lipinski definition) is 0. The van der Waals surface area contributed by atoms with Crippen molar-refractivity contribution in [2.45, 2.75) is 12.8 Å². The Morgan fingerprint density at radius 3 is 2.18 bits per heavy atom. The molecule has 0 bridgehead atoms. The molecule has 3 rings (SSSR count). The van der Waals surface area contributed by atoms with Gasteiger partial charge in [-0.1, -0.05) is 30.4 Å². The highest BCUT2D eigenvalue weighted by molar-refractivity contribution is 5.94. The Morgan fingerprint density at radius 1 is 1.00 bits per heavy atom. The van der Waals surface area contributed by atoms with Crippen LogP contribution in [0.25, 0.3) is 0 Å². The molecular formula is C15H17NO. The van der Waals surface area contributed by atoms with E-state index in [0.717, 1.165) is 31.5 Å². The SMILES string of the molecule is O=C(c1ccccc1)N1CC2CC=CCC2C1. The third-order valence-corrected chi connectivity index (χ3v) is 3.93. The minimum Gasteiger partial charge on any atom is -0.338 e. The zero-order chi connectivity index (χ0) is 11.7. The van der Waals surface area contributed by atoms with E-state index >= 15 is 0 Å². The van der Waals surface area contributed by atoms with Crippen molar-refractivity contribution >= 4 is 5.91 Å². The lowest BCUT2D eigenvalue weighted by atomic mass is 9.86. The standard InChI is InChI=1S/C15H17NO/c17-15(12-6-2-1-3-7-12)16-10-13-8-4-5-9-14(13)11-16/h1-7,13-14H,8-11H2. The maximum atomic E-state index is 12.3. The molecular weight excluding hydrogens is 210 g/mol. The van der Waals surface area contributed by atoms with Crippen molar-refractivity contribution in [3.8, 4) is 0 Å². The molecule has 2 nitrogen and oxygen atoms in total. The summed E-state index contributed by atoms with van der Waals surface area (Å²) < 4.78 is 0. The van der Waals surface area contributed by atoms with Gasteiger partial charge in [0.05, 0.1) is 0 Å². The van der Waals surface area contributed by atoms with Crippen molar-refractivity contribution in [2.24, 2.45) is 11.8 Å². The van der Waals surface area contributed by atoms with Gasteiger partial charge in [0, 0.05) is 18.7 Å². The lowest BCUT2D eigenvalue weighted by Gasteiger charge is -2.17. The van der Waals surface area contributed by atoms with Crippen molar-refractivity contribution in [2.75, 3.05) is 13.1 Å². The summed E-state index contributed by atoms with van der Waals surface area (Å²) >= 11 is 0. The number of likely N-dealkylation sites (tertiary alicyclic amines) is 1. The first-order valence-electron chi connectivity index (χ1n) is 6.34. The van der Waals surface area contributed by atoms with Crippen molar-refractivity contribution in [1.82, 2.24) is 4.90 Å². The zero-order valence-corrected chi connectivity index (χ0v) is 9.88. The zero-order valence-electron chi connectivity index (χ0n) is 9.88. The van der Waals surface area contributed by atoms with E-state index in [4.69, 9.17) is 0 Å². The number of benzene rings is 1. The van der Waals surface area contributed by atoms with Gasteiger partial charge in [-0.3, -0.25) is 4.79 Å². The maximum absolute atomic E-state index is 12.3. The molecule has 88 valence electrons. The molecule has 1 aliphatic carbocycles. The van der Waals surface area contributed by atoms with Crippen LogP contribution in [0.5, 0.6) is 0 Å². The van der Waals surface area contributed by atoms with Crippen LogP contribution in [0.3, 0.4) is 0 Å². The smallest absolute Gasteiger partial charge is 0.253 e. The molecule has 1 aliphatic heterocycles. The van der Waals surface area contributed by atoms with Crippen LogP contribution < -0.4 is 0 Å². The van der Waals surface area contributed by atoms with Crippen LogP contribution >= 0.6 is 0 Å². The summed E-state index contributed by atoms with van der Waals surface area (Å²) in [6, 6.07) is 9.62. The summed E-state index contributed by atoms with van der Waals surface area (Å²) in [6.45, 7) is 1.87. The summed E-state index contributed by atoms with van der Waals surface area (Å²) in [5.41, 5.74) is 0.819. The Labute approximate surface area is 102 Å². The molecule has 2 heteroatoms. The molecule has 1 fully saturated rings. The second kappa shape index (κ2) is 4.36. The molecule has 0 saturated carbocycles. The fourth-order valence-corrected chi connectivity index (χ4v) is 2.94. The first kappa shape index (κ1) is 10.6. The Hall–Kier alpha value is -1.57. The molecule has 1 heterocycles. The molecule has 2 aliphatic rings. The van der Waals surface area contributed by atoms with Crippen LogP contribution in [0.15, 0.2) is 42.5 Å². The average Bonchev–Trinajstić information content (AvgIpc) is 2.82. The van der Waals surface area contributed by atoms with Gasteiger partial charge in [0.25, 0.3) is 5.91 Å². The van der Waals surface area contributed by atoms with Crippen molar-refractivity contribution in [1.29, 1.82) is 0 Å². The van der Waals surface area contributed by atoms with Gasteiger partial charge in [-0.05, 0) is 36.8 Å². The normalized spacial score (nSPS) is 26.9. The Bertz CT molecular complexity index is 421. The van der Waals surface area contributed by atoms with Crippen LogP contribution in [0.1, 0.15) is 23.2 Å². The molecule has 1 aromatic carbocycles. The van der Waals surface area contributed by atoms with E-state index in [2.05, 4.69) is 12.2 Å². The number of carbonyl (C=O) groups excluding carboxylic acids is 1. The number of hydrogen-bond acceptors (Lipinski definition) is 1. The van der Waals surface area contributed by atoms with Crippen molar-refractivity contribution in [3.63, 3.8) is 0 Å². The summed E-state index contributed by atoms with van der Waals surface area (Å²) in [6.07, 6.45) is 6.81. The van der Waals surface area contributed by atoms with E-state index in [9.17, 15) is 4.79 Å². The highest BCUT2D eigenvalue weighted by Crippen LogP contribution is 2.33. The van der Waals surface area contributed by atoms with E-state index in [1.807, 2.05) is 35.2 Å². The molecule has 17 heavy (non-hydrogen) atoms. The molecule has 1 aromatic rings. The minimum atomic E-state index is 0.194. The number of fused-ring (bicyclic) bond motifs is 1. The van der Waals surface area contributed by atoms with Crippen LogP contribution in [0, 0.1) is 11.8 Å². The number of nitrogens with zero attached hydrogens (tertiary/aromatic N) is 1. The molecule has 1 saturated heterocycles. The summed E-state index contributed by atoms with van der Waals surface area (Å²) in [5.74, 6) is 1.57. The molecule has 2 atom stereocenters. The third kappa shape index (κ3) is 1.99. The summed E-state index contributed by atoms with van der Waals surface area (Å²) in [7, 11) is 0. The highest BCUT2D eigenvalue weighted by atomic mass is 16.2. The second-order valence-corrected chi connectivity index (χ2v) is 5.04. The van der Waals surface area contributed by atoms with Gasteiger partial charge < -0.3 is 4.90 Å². The number of carbonyl (C=O) groups is 1. The lowest BCUT2D eigenvalue weighted by Crippen LogP contribution is -2.28. The van der Waals surface area contributed by atoms with Crippen molar-refractivity contribution < 1.29 is 4.79 Å². The number of amides is 1. The first-order chi connectivity index (χ1) is 8.34. The highest BCUT2D eigenvalue weighted by Gasteiger charge is 2.35. The maximum Gasteiger partial charge on any atom is 0.253 e. The Morgan fingerprint density at radius 2 is 1.59 bits per heavy atom. The van der Waals surface area contributed by atoms with Gasteiger partial charge in [0.1, 0.15) is 0 Å². The monoisotopic (exact) mass is 227 g/mol. The topological polar surface area (TPSA) is 20.3 Å². The molecule has 1 amide bonds. The lowest BCUT2D eigenvalue weighted by molar-refractivity contribution is 0.0784. The van der Waals surface area contributed by atoms with Gasteiger partial charge in [-0.2, -0.15) is 0 Å². The fraction of sp³-hybridized carbons (Fsp3) is 0.400. The van der Waals surface area contributed by atoms with Gasteiger partial charge in [0.15, 0.2) is 0 Å². The summed E-state index contributed by atoms with van der Waals surface area (Å²) in [5, 5.41) is 0. The van der Waals surface area contributed by atoms with Gasteiger partial charge >= 0.3 is 0 Å². The molecule has 0 radical (unpaired) electrons. The van der Waals surface area contributed by atoms with Gasteiger partial charge in [-0.25, -0.2) is 0 Å². The summed E-state index contributed by atoms with van der Waals surface area (Å²) in [4.78, 5) is 14.3. The van der Waals surface area contributed by atoms with Crippen LogP contribution in [-0.2, 0) is 0 Å². The predicted molar refractivity (Wildman–Crippen MR) is 67.7 cm³/mol. The molecule has 0 N–H and O–H groups in total. The third-order valence-electron chi connectivity index (χ3n) is 3.93. The van der Waals surface area contributed by atoms with E-state index in [-0.39, 0.29) is 5.91 Å². The quantitative estimate of drug-likeness (QED) is 0.675. The molecule has 0 spiro atoms. The van der Waals surface area contributed by atoms with E-state index in [1.54, 1.807) is 0 Å². The van der Waals surface area contributed by atoms with Crippen molar-refractivity contribution in [3.05, 3.63) is 48.0 Å². The molecule has 2 unspecified atom stereocenters. The van der Waals surface area contributed by atoms with Crippen LogP contribution in [0.2, 0.25) is 0 Å². The second-order valence-electron chi connectivity index (χ2n) is 5.04. The van der Waals surface area contributed by atoms with E-state index in [0.29, 0.717) is 11.8 Å². The van der Waals surface area contributed by atoms with Gasteiger partial charge in [0.2, 0.25) is 0 Å². The number of rotatable bonds is 1. The minimum absolute atomic E-state index is 0.194. The van der Waals surface area contributed by atoms with Gasteiger partial charge in [-0.15, -0.1) is 0 Å². The predicted octanol–water partition coefficient (Wildman–Crippen LogP) is 2.72. The largest absolute Gasteiger partial charge is 0.338 e. The van der Waals surface area contributed by atoms with E-state index < -0.39 is 0 Å². The average molecular weight is 227 g/mol. The molecule has 0 aromatic heterocycles. The van der Waals surface area contributed by atoms with E-state index in [1.165, 1.54) is 0 Å². The van der Waals surface area contributed by atoms with Crippen LogP contribution in [-0.4, -0.2) is 23.9 Å². The Balaban J connectivity index is 1.73.